The number of esters is 2. The molecule has 0 atom stereocenters. The van der Waals surface area contributed by atoms with Gasteiger partial charge < -0.3 is 23.7 Å². The second kappa shape index (κ2) is 11.2. The number of pyridine rings is 1. The molecule has 8 heteroatoms. The van der Waals surface area contributed by atoms with E-state index < -0.39 is 11.9 Å². The molecule has 0 amide bonds. The lowest BCUT2D eigenvalue weighted by Gasteiger charge is -2.11. The van der Waals surface area contributed by atoms with E-state index in [-0.39, 0.29) is 12.4 Å². The fraction of sp³-hybridized carbons (Fsp3) is 0.125. The molecule has 0 aliphatic rings. The zero-order valence-electron chi connectivity index (χ0n) is 17.5. The lowest BCUT2D eigenvalue weighted by molar-refractivity contribution is -0.137. The van der Waals surface area contributed by atoms with E-state index in [0.717, 1.165) is 0 Å². The molecule has 32 heavy (non-hydrogen) atoms. The van der Waals surface area contributed by atoms with Gasteiger partial charge in [-0.2, -0.15) is 0 Å². The Bertz CT molecular complexity index is 1080. The van der Waals surface area contributed by atoms with Crippen LogP contribution in [0.4, 0.5) is 0 Å². The van der Waals surface area contributed by atoms with Crippen molar-refractivity contribution in [3.8, 4) is 28.9 Å². The third kappa shape index (κ3) is 6.60. The number of carbonyl (C=O) groups is 2. The van der Waals surface area contributed by atoms with E-state index in [0.29, 0.717) is 28.7 Å². The van der Waals surface area contributed by atoms with Gasteiger partial charge >= 0.3 is 11.9 Å². The molecule has 1 aromatic heterocycles. The Morgan fingerprint density at radius 2 is 1.72 bits per heavy atom. The van der Waals surface area contributed by atoms with E-state index in [4.69, 9.17) is 18.9 Å². The summed E-state index contributed by atoms with van der Waals surface area (Å²) in [7, 11) is 2.74. The largest absolute Gasteiger partial charge is 0.493 e. The Labute approximate surface area is 185 Å². The van der Waals surface area contributed by atoms with Gasteiger partial charge in [0, 0.05) is 18.3 Å². The Morgan fingerprint density at radius 1 is 0.938 bits per heavy atom. The van der Waals surface area contributed by atoms with Crippen molar-refractivity contribution in [3.05, 3.63) is 78.5 Å². The molecule has 0 aliphatic carbocycles. The molecule has 1 heterocycles. The van der Waals surface area contributed by atoms with E-state index in [2.05, 4.69) is 9.72 Å². The molecular weight excluding hydrogens is 414 g/mol. The first-order chi connectivity index (χ1) is 15.6. The highest BCUT2D eigenvalue weighted by Gasteiger charge is 2.12. The van der Waals surface area contributed by atoms with Gasteiger partial charge in [-0.3, -0.25) is 0 Å². The van der Waals surface area contributed by atoms with E-state index in [9.17, 15) is 9.59 Å². The van der Waals surface area contributed by atoms with Crippen LogP contribution in [0.3, 0.4) is 0 Å². The minimum Gasteiger partial charge on any atom is -0.493 e. The topological polar surface area (TPSA) is 93.2 Å². The molecule has 0 N–H and O–H groups in total. The summed E-state index contributed by atoms with van der Waals surface area (Å²) >= 11 is 0. The van der Waals surface area contributed by atoms with E-state index in [1.54, 1.807) is 66.9 Å². The highest BCUT2D eigenvalue weighted by molar-refractivity contribution is 5.87. The summed E-state index contributed by atoms with van der Waals surface area (Å²) in [6.07, 6.45) is 4.48. The monoisotopic (exact) mass is 435 g/mol. The molecule has 2 aromatic carbocycles. The molecule has 0 saturated carbocycles. The first-order valence-corrected chi connectivity index (χ1v) is 9.54. The number of hydrogen-bond donors (Lipinski definition) is 0. The highest BCUT2D eigenvalue weighted by Crippen LogP contribution is 2.29. The van der Waals surface area contributed by atoms with Gasteiger partial charge in [0.25, 0.3) is 0 Å². The van der Waals surface area contributed by atoms with Crippen LogP contribution in [-0.4, -0.2) is 37.7 Å². The predicted octanol–water partition coefficient (Wildman–Crippen LogP) is 4.05. The van der Waals surface area contributed by atoms with E-state index >= 15 is 0 Å². The van der Waals surface area contributed by atoms with Gasteiger partial charge in [0.2, 0.25) is 5.88 Å². The van der Waals surface area contributed by atoms with Crippen molar-refractivity contribution in [1.82, 2.24) is 4.98 Å². The molecule has 0 saturated heterocycles. The average Bonchev–Trinajstić information content (AvgIpc) is 2.83. The van der Waals surface area contributed by atoms with Gasteiger partial charge in [-0.25, -0.2) is 14.6 Å². The van der Waals surface area contributed by atoms with Crippen molar-refractivity contribution in [1.29, 1.82) is 0 Å². The second-order valence-corrected chi connectivity index (χ2v) is 6.27. The number of ether oxygens (including phenoxy) is 5. The first kappa shape index (κ1) is 22.4. The Kier molecular flexibility index (Phi) is 7.80. The molecule has 3 aromatic rings. The molecule has 0 bridgehead atoms. The molecule has 3 rings (SSSR count). The van der Waals surface area contributed by atoms with Crippen molar-refractivity contribution in [3.63, 3.8) is 0 Å². The zero-order chi connectivity index (χ0) is 22.8. The number of rotatable bonds is 9. The summed E-state index contributed by atoms with van der Waals surface area (Å²) in [5.74, 6) is 1.03. The number of carbonyl (C=O) groups excluding carboxylic acids is 2. The maximum absolute atomic E-state index is 12.2. The summed E-state index contributed by atoms with van der Waals surface area (Å²) < 4.78 is 26.2. The fourth-order valence-electron chi connectivity index (χ4n) is 2.53. The van der Waals surface area contributed by atoms with Crippen molar-refractivity contribution in [2.75, 3.05) is 20.8 Å². The molecule has 0 aliphatic heterocycles. The second-order valence-electron chi connectivity index (χ2n) is 6.27. The number of benzene rings is 2. The first-order valence-electron chi connectivity index (χ1n) is 9.54. The normalized spacial score (nSPS) is 10.4. The number of aromatic nitrogens is 1. The summed E-state index contributed by atoms with van der Waals surface area (Å²) in [5.41, 5.74) is 0.677. The summed E-state index contributed by atoms with van der Waals surface area (Å²) in [5, 5.41) is 0. The highest BCUT2D eigenvalue weighted by atomic mass is 16.6. The Balaban J connectivity index is 1.54. The van der Waals surface area contributed by atoms with Crippen molar-refractivity contribution < 1.29 is 33.3 Å². The van der Waals surface area contributed by atoms with Crippen molar-refractivity contribution in [2.45, 2.75) is 0 Å². The van der Waals surface area contributed by atoms with Gasteiger partial charge in [0.15, 0.2) is 18.1 Å². The van der Waals surface area contributed by atoms with Crippen molar-refractivity contribution in [2.24, 2.45) is 0 Å². The summed E-state index contributed by atoms with van der Waals surface area (Å²) in [6, 6.07) is 17.0. The molecule has 0 radical (unpaired) electrons. The van der Waals surface area contributed by atoms with Crippen LogP contribution in [0.5, 0.6) is 28.9 Å². The average molecular weight is 435 g/mol. The summed E-state index contributed by atoms with van der Waals surface area (Å²) in [4.78, 5) is 27.5. The van der Waals surface area contributed by atoms with Gasteiger partial charge in [-0.1, -0.05) is 12.1 Å². The fourth-order valence-corrected chi connectivity index (χ4v) is 2.53. The van der Waals surface area contributed by atoms with Crippen molar-refractivity contribution >= 4 is 18.0 Å². The SMILES string of the molecule is COC(=O)/C=C/c1ccc(OC(=O)COc2ccc(Oc3ccccn3)cc2)c(OC)c1. The smallest absolute Gasteiger partial charge is 0.349 e. The Morgan fingerprint density at radius 3 is 2.41 bits per heavy atom. The minimum absolute atomic E-state index is 0.232. The molecular formula is C24H21NO7. The van der Waals surface area contributed by atoms with Gasteiger partial charge in [0.05, 0.1) is 14.2 Å². The third-order valence-electron chi connectivity index (χ3n) is 4.07. The van der Waals surface area contributed by atoms with Crippen LogP contribution in [0, 0.1) is 0 Å². The lowest BCUT2D eigenvalue weighted by atomic mass is 10.2. The lowest BCUT2D eigenvalue weighted by Crippen LogP contribution is -2.18. The summed E-state index contributed by atoms with van der Waals surface area (Å²) in [6.45, 7) is -0.298. The van der Waals surface area contributed by atoms with E-state index in [1.165, 1.54) is 20.3 Å². The van der Waals surface area contributed by atoms with Crippen LogP contribution in [-0.2, 0) is 14.3 Å². The number of hydrogen-bond acceptors (Lipinski definition) is 8. The van der Waals surface area contributed by atoms with Gasteiger partial charge in [0.1, 0.15) is 11.5 Å². The molecule has 0 unspecified atom stereocenters. The quantitative estimate of drug-likeness (QED) is 0.282. The van der Waals surface area contributed by atoms with Crippen LogP contribution in [0.25, 0.3) is 6.08 Å². The van der Waals surface area contributed by atoms with Crippen LogP contribution < -0.4 is 18.9 Å². The predicted molar refractivity (Wildman–Crippen MR) is 116 cm³/mol. The Hall–Kier alpha value is -4.33. The maximum Gasteiger partial charge on any atom is 0.349 e. The number of nitrogens with zero attached hydrogens (tertiary/aromatic N) is 1. The van der Waals surface area contributed by atoms with E-state index in [1.807, 2.05) is 6.07 Å². The van der Waals surface area contributed by atoms with Gasteiger partial charge in [-0.15, -0.1) is 0 Å². The van der Waals surface area contributed by atoms with Crippen LogP contribution in [0.1, 0.15) is 5.56 Å². The molecule has 0 spiro atoms. The van der Waals surface area contributed by atoms with Crippen LogP contribution in [0.15, 0.2) is 72.9 Å². The zero-order valence-corrected chi connectivity index (χ0v) is 17.5. The molecule has 164 valence electrons. The molecule has 0 fully saturated rings. The minimum atomic E-state index is -0.602. The third-order valence-corrected chi connectivity index (χ3v) is 4.07. The standard InChI is InChI=1S/C24H21NO7/c1-28-21-15-17(7-13-23(26)29-2)6-12-20(21)32-24(27)16-30-18-8-10-19(11-9-18)31-22-5-3-4-14-25-22/h3-15H,16H2,1-2H3/b13-7+. The van der Waals surface area contributed by atoms with Crippen LogP contribution >= 0.6 is 0 Å². The van der Waals surface area contributed by atoms with Crippen LogP contribution in [0.2, 0.25) is 0 Å². The molecule has 8 nitrogen and oxygen atoms in total. The maximum atomic E-state index is 12.2. The van der Waals surface area contributed by atoms with Gasteiger partial charge in [-0.05, 0) is 54.1 Å². The number of methoxy groups -OCH3 is 2.